The number of benzene rings is 6. The summed E-state index contributed by atoms with van der Waals surface area (Å²) in [6, 6.07) is 55.7. The van der Waals surface area contributed by atoms with Crippen molar-refractivity contribution in [1.29, 1.82) is 0 Å². The molecule has 57 heavy (non-hydrogen) atoms. The maximum Gasteiger partial charge on any atom is 0.133 e. The van der Waals surface area contributed by atoms with Crippen LogP contribution in [0, 0.1) is 5.92 Å². The lowest BCUT2D eigenvalue weighted by atomic mass is 9.64. The van der Waals surface area contributed by atoms with Gasteiger partial charge in [0.15, 0.2) is 0 Å². The number of allylic oxidation sites excluding steroid dienone is 4. The molecule has 2 nitrogen and oxygen atoms in total. The highest BCUT2D eigenvalue weighted by Gasteiger charge is 2.53. The van der Waals surface area contributed by atoms with Crippen LogP contribution >= 0.6 is 0 Å². The standard InChI is InChI=1S/C55H48N2/c1-54(2)46-27-11-10-25-43(46)44-33-49-45(34-48(44)54)52-42(26-16-28-47(52)55(49)29-12-5-13-30-55)40-23-14-21-38(31-40)39-22-15-24-41(32-39)51-35-50(36-17-6-3-7-18-36)56-53(57-51)37-19-8-4-9-20-37/h3-4,6-11,14-28,31-35,44,48,51H,5,12-13,29-30H2,1-2H3,(H,56,57). The minimum Gasteiger partial charge on any atom is -0.340 e. The summed E-state index contributed by atoms with van der Waals surface area (Å²) in [6.07, 6.45) is 14.2. The molecule has 3 unspecified atom stereocenters. The second-order valence-electron chi connectivity index (χ2n) is 17.5. The quantitative estimate of drug-likeness (QED) is 0.187. The Balaban J connectivity index is 1.00. The number of nitrogens with one attached hydrogen (secondary N) is 1. The van der Waals surface area contributed by atoms with E-state index in [0.29, 0.717) is 11.8 Å². The third-order valence-corrected chi connectivity index (χ3v) is 14.0. The molecule has 4 aliphatic carbocycles. The normalized spacial score (nSPS) is 22.2. The molecule has 1 spiro atoms. The van der Waals surface area contributed by atoms with Crippen molar-refractivity contribution in [2.45, 2.75) is 68.7 Å². The fourth-order valence-corrected chi connectivity index (χ4v) is 11.2. The Labute approximate surface area is 337 Å². The van der Waals surface area contributed by atoms with Crippen LogP contribution in [0.2, 0.25) is 0 Å². The van der Waals surface area contributed by atoms with E-state index >= 15 is 0 Å². The SMILES string of the molecule is CC1(C)c2ccccc2C2C=C3C(=CC21)c1c(-c2cccc(-c4cccc(C5C=C(c6ccccc6)NC(c6ccccc6)=N5)c4)c2)cccc1C31CCCCC1. The first-order valence-electron chi connectivity index (χ1n) is 21.0. The van der Waals surface area contributed by atoms with Gasteiger partial charge in [-0.1, -0.05) is 185 Å². The summed E-state index contributed by atoms with van der Waals surface area (Å²) < 4.78 is 0. The van der Waals surface area contributed by atoms with Gasteiger partial charge in [0.05, 0.1) is 6.04 Å². The summed E-state index contributed by atoms with van der Waals surface area (Å²) in [5.41, 5.74) is 19.0. The van der Waals surface area contributed by atoms with Crippen molar-refractivity contribution in [1.82, 2.24) is 5.32 Å². The molecular weight excluding hydrogens is 689 g/mol. The van der Waals surface area contributed by atoms with E-state index in [9.17, 15) is 0 Å². The van der Waals surface area contributed by atoms with Crippen molar-refractivity contribution in [2.24, 2.45) is 10.9 Å². The van der Waals surface area contributed by atoms with Gasteiger partial charge in [-0.05, 0) is 109 Å². The summed E-state index contributed by atoms with van der Waals surface area (Å²) in [5.74, 6) is 1.78. The molecule has 1 fully saturated rings. The predicted molar refractivity (Wildman–Crippen MR) is 237 cm³/mol. The highest BCUT2D eigenvalue weighted by Crippen LogP contribution is 2.64. The van der Waals surface area contributed by atoms with Crippen LogP contribution in [0.4, 0.5) is 0 Å². The maximum absolute atomic E-state index is 5.28. The van der Waals surface area contributed by atoms with Crippen molar-refractivity contribution in [3.63, 3.8) is 0 Å². The number of hydrogen-bond acceptors (Lipinski definition) is 2. The summed E-state index contributed by atoms with van der Waals surface area (Å²) in [6.45, 7) is 4.94. The molecule has 1 heterocycles. The van der Waals surface area contributed by atoms with E-state index in [0.717, 1.165) is 22.7 Å². The van der Waals surface area contributed by atoms with Gasteiger partial charge in [-0.15, -0.1) is 0 Å². The molecule has 6 aromatic rings. The van der Waals surface area contributed by atoms with Gasteiger partial charge >= 0.3 is 0 Å². The Morgan fingerprint density at radius 3 is 2.02 bits per heavy atom. The van der Waals surface area contributed by atoms with Gasteiger partial charge in [0, 0.05) is 22.6 Å². The lowest BCUT2D eigenvalue weighted by Crippen LogP contribution is -2.31. The smallest absolute Gasteiger partial charge is 0.133 e. The molecule has 1 aliphatic heterocycles. The molecule has 1 saturated carbocycles. The van der Waals surface area contributed by atoms with Crippen LogP contribution in [-0.4, -0.2) is 5.84 Å². The number of hydrogen-bond donors (Lipinski definition) is 1. The zero-order chi connectivity index (χ0) is 38.1. The Morgan fingerprint density at radius 2 is 1.21 bits per heavy atom. The fourth-order valence-electron chi connectivity index (χ4n) is 11.2. The molecule has 0 aromatic heterocycles. The first-order chi connectivity index (χ1) is 28.0. The van der Waals surface area contributed by atoms with Crippen molar-refractivity contribution in [2.75, 3.05) is 0 Å². The molecule has 0 bridgehead atoms. The van der Waals surface area contributed by atoms with E-state index < -0.39 is 0 Å². The molecule has 3 atom stereocenters. The lowest BCUT2D eigenvalue weighted by Gasteiger charge is -2.39. The number of rotatable bonds is 5. The monoisotopic (exact) mass is 736 g/mol. The van der Waals surface area contributed by atoms with Crippen LogP contribution in [0.1, 0.15) is 96.9 Å². The van der Waals surface area contributed by atoms with E-state index in [4.69, 9.17) is 4.99 Å². The van der Waals surface area contributed by atoms with Crippen LogP contribution in [0.3, 0.4) is 0 Å². The van der Waals surface area contributed by atoms with Crippen molar-refractivity contribution >= 4 is 17.1 Å². The molecule has 0 radical (unpaired) electrons. The van der Waals surface area contributed by atoms with Crippen LogP contribution in [0.25, 0.3) is 33.5 Å². The van der Waals surface area contributed by atoms with Gasteiger partial charge < -0.3 is 5.32 Å². The van der Waals surface area contributed by atoms with Crippen LogP contribution < -0.4 is 5.32 Å². The molecular formula is C55H48N2. The van der Waals surface area contributed by atoms with Gasteiger partial charge in [-0.2, -0.15) is 0 Å². The number of nitrogens with zero attached hydrogens (tertiary/aromatic N) is 1. The summed E-state index contributed by atoms with van der Waals surface area (Å²) in [4.78, 5) is 5.28. The molecule has 6 aromatic carbocycles. The first-order valence-corrected chi connectivity index (χ1v) is 21.0. The largest absolute Gasteiger partial charge is 0.340 e. The zero-order valence-electron chi connectivity index (χ0n) is 32.9. The van der Waals surface area contributed by atoms with E-state index in [1.807, 2.05) is 0 Å². The van der Waals surface area contributed by atoms with Crippen LogP contribution in [0.5, 0.6) is 0 Å². The van der Waals surface area contributed by atoms with Gasteiger partial charge in [-0.25, -0.2) is 0 Å². The van der Waals surface area contributed by atoms with Gasteiger partial charge in [0.1, 0.15) is 5.84 Å². The maximum atomic E-state index is 5.28. The number of aliphatic imine (C=N–C) groups is 1. The third-order valence-electron chi connectivity index (χ3n) is 14.0. The predicted octanol–water partition coefficient (Wildman–Crippen LogP) is 13.4. The molecule has 2 heteroatoms. The second-order valence-corrected chi connectivity index (χ2v) is 17.5. The minimum absolute atomic E-state index is 0.0794. The summed E-state index contributed by atoms with van der Waals surface area (Å²) in [7, 11) is 0. The van der Waals surface area contributed by atoms with Gasteiger partial charge in [-0.3, -0.25) is 4.99 Å². The number of amidine groups is 1. The molecule has 5 aliphatic rings. The molecule has 278 valence electrons. The highest BCUT2D eigenvalue weighted by atomic mass is 15.0. The van der Waals surface area contributed by atoms with Crippen LogP contribution in [-0.2, 0) is 10.8 Å². The van der Waals surface area contributed by atoms with Crippen molar-refractivity contribution in [3.05, 3.63) is 214 Å². The molecule has 1 N–H and O–H groups in total. The molecule has 0 amide bonds. The Kier molecular flexibility index (Phi) is 8.00. The minimum atomic E-state index is -0.123. The average Bonchev–Trinajstić information content (AvgIpc) is 3.67. The van der Waals surface area contributed by atoms with E-state index in [-0.39, 0.29) is 16.9 Å². The van der Waals surface area contributed by atoms with Crippen molar-refractivity contribution in [3.8, 4) is 22.3 Å². The lowest BCUT2D eigenvalue weighted by molar-refractivity contribution is 0.345. The van der Waals surface area contributed by atoms with Crippen molar-refractivity contribution < 1.29 is 0 Å². The third kappa shape index (κ3) is 5.48. The average molecular weight is 737 g/mol. The molecule has 0 saturated heterocycles. The van der Waals surface area contributed by atoms with Gasteiger partial charge in [0.2, 0.25) is 0 Å². The fraction of sp³-hybridized carbons (Fsp3) is 0.218. The Morgan fingerprint density at radius 1 is 0.561 bits per heavy atom. The van der Waals surface area contributed by atoms with E-state index in [1.165, 1.54) is 82.2 Å². The van der Waals surface area contributed by atoms with Gasteiger partial charge in [0.25, 0.3) is 0 Å². The summed E-state index contributed by atoms with van der Waals surface area (Å²) in [5, 5.41) is 3.64. The van der Waals surface area contributed by atoms with E-state index in [2.05, 4.69) is 189 Å². The topological polar surface area (TPSA) is 24.4 Å². The molecule has 11 rings (SSSR count). The van der Waals surface area contributed by atoms with Crippen LogP contribution in [0.15, 0.2) is 180 Å². The first kappa shape index (κ1) is 34.3. The summed E-state index contributed by atoms with van der Waals surface area (Å²) >= 11 is 0. The second kappa shape index (κ2) is 13.3. The Bertz CT molecular complexity index is 2610. The Hall–Kier alpha value is -5.99. The highest BCUT2D eigenvalue weighted by molar-refractivity contribution is 6.05. The number of fused-ring (bicyclic) bond motifs is 8. The van der Waals surface area contributed by atoms with E-state index in [1.54, 1.807) is 11.1 Å². The zero-order valence-corrected chi connectivity index (χ0v) is 32.9.